The van der Waals surface area contributed by atoms with Gasteiger partial charge >= 0.3 is 0 Å². The van der Waals surface area contributed by atoms with Gasteiger partial charge in [0.1, 0.15) is 11.5 Å². The molecule has 2 aliphatic heterocycles. The van der Waals surface area contributed by atoms with Crippen LogP contribution >= 0.6 is 0 Å². The first-order valence-electron chi connectivity index (χ1n) is 9.66. The molecular weight excluding hydrogens is 318 g/mol. The van der Waals surface area contributed by atoms with E-state index in [-0.39, 0.29) is 23.8 Å². The van der Waals surface area contributed by atoms with Gasteiger partial charge in [0.05, 0.1) is 6.04 Å². The molecule has 1 saturated carbocycles. The van der Waals surface area contributed by atoms with E-state index in [1.54, 1.807) is 0 Å². The van der Waals surface area contributed by atoms with E-state index in [0.29, 0.717) is 5.91 Å². The number of hydrogen-bond donors (Lipinski definition) is 0. The van der Waals surface area contributed by atoms with Gasteiger partial charge in [0.25, 0.3) is 0 Å². The Bertz CT molecular complexity index is 644. The minimum absolute atomic E-state index is 0.0388. The molecular formula is C19H27N3O3. The lowest BCUT2D eigenvalue weighted by Gasteiger charge is -2.39. The number of carbonyl (C=O) groups excluding carboxylic acids is 2. The Morgan fingerprint density at radius 3 is 2.36 bits per heavy atom. The highest BCUT2D eigenvalue weighted by molar-refractivity contribution is 5.82. The van der Waals surface area contributed by atoms with Crippen molar-refractivity contribution in [2.24, 2.45) is 11.8 Å². The smallest absolute Gasteiger partial charge is 0.226 e. The van der Waals surface area contributed by atoms with E-state index >= 15 is 0 Å². The van der Waals surface area contributed by atoms with Crippen molar-refractivity contribution >= 4 is 11.8 Å². The van der Waals surface area contributed by atoms with Crippen LogP contribution in [0.4, 0.5) is 0 Å². The second kappa shape index (κ2) is 6.81. The minimum Gasteiger partial charge on any atom is -0.361 e. The van der Waals surface area contributed by atoms with E-state index in [1.165, 1.54) is 0 Å². The van der Waals surface area contributed by atoms with Crippen LogP contribution in [0.15, 0.2) is 10.6 Å². The van der Waals surface area contributed by atoms with Crippen molar-refractivity contribution in [2.75, 3.05) is 19.6 Å². The maximum absolute atomic E-state index is 13.1. The monoisotopic (exact) mass is 345 g/mol. The fourth-order valence-electron chi connectivity index (χ4n) is 4.22. The lowest BCUT2D eigenvalue weighted by molar-refractivity contribution is -0.144. The third-order valence-electron chi connectivity index (χ3n) is 5.86. The zero-order valence-corrected chi connectivity index (χ0v) is 14.9. The maximum atomic E-state index is 13.1. The topological polar surface area (TPSA) is 66.7 Å². The Morgan fingerprint density at radius 2 is 1.72 bits per heavy atom. The van der Waals surface area contributed by atoms with Crippen LogP contribution in [0.25, 0.3) is 0 Å². The third-order valence-corrected chi connectivity index (χ3v) is 5.86. The van der Waals surface area contributed by atoms with E-state index in [1.807, 2.05) is 22.8 Å². The second-order valence-corrected chi connectivity index (χ2v) is 7.78. The number of aromatic nitrogens is 1. The molecule has 3 fully saturated rings. The number of amides is 2. The first-order valence-corrected chi connectivity index (χ1v) is 9.66. The summed E-state index contributed by atoms with van der Waals surface area (Å²) in [6.45, 7) is 4.15. The van der Waals surface area contributed by atoms with Gasteiger partial charge in [-0.1, -0.05) is 5.16 Å². The summed E-state index contributed by atoms with van der Waals surface area (Å²) < 4.78 is 5.23. The number of hydrogen-bond acceptors (Lipinski definition) is 4. The molecule has 6 nitrogen and oxygen atoms in total. The SMILES string of the molecule is Cc1cc([C@@H]2CCCCN2C(=O)C2CCN(C(=O)C3CC3)CC2)no1. The molecule has 0 unspecified atom stereocenters. The first kappa shape index (κ1) is 16.6. The van der Waals surface area contributed by atoms with E-state index in [0.717, 1.165) is 76.0 Å². The Labute approximate surface area is 148 Å². The van der Waals surface area contributed by atoms with Crippen LogP contribution in [0.3, 0.4) is 0 Å². The molecule has 1 aliphatic carbocycles. The summed E-state index contributed by atoms with van der Waals surface area (Å²) in [4.78, 5) is 29.3. The fourth-order valence-corrected chi connectivity index (χ4v) is 4.22. The van der Waals surface area contributed by atoms with Gasteiger partial charge in [0.2, 0.25) is 11.8 Å². The average molecular weight is 345 g/mol. The van der Waals surface area contributed by atoms with Gasteiger partial charge in [-0.3, -0.25) is 9.59 Å². The molecule has 0 bridgehead atoms. The fraction of sp³-hybridized carbons (Fsp3) is 0.737. The summed E-state index contributed by atoms with van der Waals surface area (Å²) in [5.41, 5.74) is 0.881. The van der Waals surface area contributed by atoms with Crippen molar-refractivity contribution in [2.45, 2.75) is 57.9 Å². The molecule has 6 heteroatoms. The highest BCUT2D eigenvalue weighted by Crippen LogP contribution is 2.35. The van der Waals surface area contributed by atoms with Crippen LogP contribution in [0.1, 0.15) is 62.4 Å². The summed E-state index contributed by atoms with van der Waals surface area (Å²) in [5, 5.41) is 4.16. The molecule has 136 valence electrons. The molecule has 1 atom stereocenters. The molecule has 25 heavy (non-hydrogen) atoms. The minimum atomic E-state index is 0.0388. The lowest BCUT2D eigenvalue weighted by Crippen LogP contribution is -2.47. The van der Waals surface area contributed by atoms with Gasteiger partial charge in [-0.05, 0) is 51.9 Å². The van der Waals surface area contributed by atoms with Gasteiger partial charge in [-0.2, -0.15) is 0 Å². The highest BCUT2D eigenvalue weighted by Gasteiger charge is 2.38. The second-order valence-electron chi connectivity index (χ2n) is 7.78. The van der Waals surface area contributed by atoms with E-state index in [9.17, 15) is 9.59 Å². The zero-order valence-electron chi connectivity index (χ0n) is 14.9. The number of aryl methyl sites for hydroxylation is 1. The van der Waals surface area contributed by atoms with Crippen molar-refractivity contribution < 1.29 is 14.1 Å². The van der Waals surface area contributed by atoms with Crippen molar-refractivity contribution in [3.8, 4) is 0 Å². The normalized spacial score (nSPS) is 25.2. The molecule has 4 rings (SSSR count). The number of likely N-dealkylation sites (tertiary alicyclic amines) is 2. The molecule has 0 N–H and O–H groups in total. The van der Waals surface area contributed by atoms with Gasteiger partial charge < -0.3 is 14.3 Å². The van der Waals surface area contributed by atoms with Crippen LogP contribution < -0.4 is 0 Å². The van der Waals surface area contributed by atoms with E-state index in [2.05, 4.69) is 5.16 Å². The van der Waals surface area contributed by atoms with Crippen LogP contribution in [0, 0.1) is 18.8 Å². The Hall–Kier alpha value is -1.85. The largest absolute Gasteiger partial charge is 0.361 e. The lowest BCUT2D eigenvalue weighted by atomic mass is 9.91. The highest BCUT2D eigenvalue weighted by atomic mass is 16.5. The molecule has 0 spiro atoms. The third kappa shape index (κ3) is 3.44. The molecule has 1 aromatic heterocycles. The van der Waals surface area contributed by atoms with Gasteiger partial charge in [-0.15, -0.1) is 0 Å². The molecule has 0 aromatic carbocycles. The predicted octanol–water partition coefficient (Wildman–Crippen LogP) is 2.69. The van der Waals surface area contributed by atoms with Gasteiger partial charge in [0.15, 0.2) is 0 Å². The van der Waals surface area contributed by atoms with Crippen LogP contribution in [-0.4, -0.2) is 46.4 Å². The molecule has 3 aliphatic rings. The summed E-state index contributed by atoms with van der Waals surface area (Å²) in [5.74, 6) is 1.65. The molecule has 0 radical (unpaired) electrons. The number of nitrogens with zero attached hydrogens (tertiary/aromatic N) is 3. The van der Waals surface area contributed by atoms with E-state index in [4.69, 9.17) is 4.52 Å². The van der Waals surface area contributed by atoms with Gasteiger partial charge in [0, 0.05) is 37.5 Å². The Kier molecular flexibility index (Phi) is 4.52. The van der Waals surface area contributed by atoms with Crippen molar-refractivity contribution in [1.29, 1.82) is 0 Å². The number of rotatable bonds is 3. The molecule has 1 aromatic rings. The molecule has 3 heterocycles. The molecule has 2 amide bonds. The van der Waals surface area contributed by atoms with Crippen LogP contribution in [0.5, 0.6) is 0 Å². The van der Waals surface area contributed by atoms with Crippen LogP contribution in [-0.2, 0) is 9.59 Å². The van der Waals surface area contributed by atoms with Gasteiger partial charge in [-0.25, -0.2) is 0 Å². The Morgan fingerprint density at radius 1 is 1.00 bits per heavy atom. The maximum Gasteiger partial charge on any atom is 0.226 e. The Balaban J connectivity index is 1.40. The van der Waals surface area contributed by atoms with Crippen molar-refractivity contribution in [1.82, 2.24) is 15.0 Å². The summed E-state index contributed by atoms with van der Waals surface area (Å²) in [6, 6.07) is 2.00. The molecule has 2 saturated heterocycles. The zero-order chi connectivity index (χ0) is 17.4. The standard InChI is InChI=1S/C19H27N3O3/c1-13-12-16(20-25-13)17-4-2-3-9-22(17)19(24)15-7-10-21(11-8-15)18(23)14-5-6-14/h12,14-15,17H,2-11H2,1H3/t17-/m0/s1. The summed E-state index contributed by atoms with van der Waals surface area (Å²) >= 11 is 0. The average Bonchev–Trinajstić information content (AvgIpc) is 3.41. The first-order chi connectivity index (χ1) is 12.1. The number of carbonyl (C=O) groups is 2. The summed E-state index contributed by atoms with van der Waals surface area (Å²) in [6.07, 6.45) is 6.80. The summed E-state index contributed by atoms with van der Waals surface area (Å²) in [7, 11) is 0. The van der Waals surface area contributed by atoms with Crippen LogP contribution in [0.2, 0.25) is 0 Å². The quantitative estimate of drug-likeness (QED) is 0.845. The van der Waals surface area contributed by atoms with Crippen molar-refractivity contribution in [3.05, 3.63) is 17.5 Å². The number of piperidine rings is 2. The predicted molar refractivity (Wildman–Crippen MR) is 91.6 cm³/mol. The van der Waals surface area contributed by atoms with Crippen molar-refractivity contribution in [3.63, 3.8) is 0 Å². The van der Waals surface area contributed by atoms with E-state index < -0.39 is 0 Å².